The zero-order chi connectivity index (χ0) is 8.48. The van der Waals surface area contributed by atoms with Gasteiger partial charge in [0.15, 0.2) is 0 Å². The molecule has 66 valence electrons. The summed E-state index contributed by atoms with van der Waals surface area (Å²) in [5.74, 6) is 5.22. The summed E-state index contributed by atoms with van der Waals surface area (Å²) in [6, 6.07) is -1.47. The van der Waals surface area contributed by atoms with Crippen molar-refractivity contribution in [2.45, 2.75) is 12.2 Å². The van der Waals surface area contributed by atoms with Crippen LogP contribution < -0.4 is 11.2 Å². The van der Waals surface area contributed by atoms with E-state index in [1.807, 2.05) is 0 Å². The molecule has 1 fully saturated rings. The Morgan fingerprint density at radius 2 is 2.09 bits per heavy atom. The largest absolute Gasteiger partial charge is 0.405 e. The average Bonchev–Trinajstić information content (AvgIpc) is 1.86. The van der Waals surface area contributed by atoms with Crippen molar-refractivity contribution in [3.63, 3.8) is 0 Å². The van der Waals surface area contributed by atoms with Crippen LogP contribution in [0.3, 0.4) is 0 Å². The summed E-state index contributed by atoms with van der Waals surface area (Å²) in [6.45, 7) is 0.594. The van der Waals surface area contributed by atoms with Crippen LogP contribution in [0.1, 0.15) is 0 Å². The van der Waals surface area contributed by atoms with Crippen molar-refractivity contribution >= 4 is 0 Å². The molecular weight excluding hydrogens is 159 g/mol. The van der Waals surface area contributed by atoms with Crippen molar-refractivity contribution in [3.05, 3.63) is 0 Å². The van der Waals surface area contributed by atoms with E-state index >= 15 is 0 Å². The van der Waals surface area contributed by atoms with Crippen LogP contribution >= 0.6 is 0 Å². The van der Waals surface area contributed by atoms with E-state index in [-0.39, 0.29) is 6.54 Å². The molecule has 1 heterocycles. The zero-order valence-corrected chi connectivity index (χ0v) is 5.86. The number of alkyl halides is 3. The number of piperazine rings is 1. The van der Waals surface area contributed by atoms with Crippen molar-refractivity contribution < 1.29 is 13.2 Å². The second-order valence-corrected chi connectivity index (χ2v) is 2.54. The third kappa shape index (κ3) is 2.32. The minimum Gasteiger partial charge on any atom is -0.304 e. The molecule has 0 radical (unpaired) electrons. The maximum absolute atomic E-state index is 12.0. The second kappa shape index (κ2) is 2.96. The normalized spacial score (nSPS) is 28.9. The van der Waals surface area contributed by atoms with Gasteiger partial charge in [0.1, 0.15) is 6.04 Å². The summed E-state index contributed by atoms with van der Waals surface area (Å²) < 4.78 is 35.9. The summed E-state index contributed by atoms with van der Waals surface area (Å²) in [6.07, 6.45) is -4.18. The van der Waals surface area contributed by atoms with Gasteiger partial charge in [-0.3, -0.25) is 5.84 Å². The average molecular weight is 169 g/mol. The van der Waals surface area contributed by atoms with E-state index in [1.165, 1.54) is 5.01 Å². The van der Waals surface area contributed by atoms with Gasteiger partial charge in [0.05, 0.1) is 0 Å². The molecule has 1 unspecified atom stereocenters. The molecule has 0 amide bonds. The minimum absolute atomic E-state index is 0.163. The maximum Gasteiger partial charge on any atom is 0.405 e. The molecule has 1 atom stereocenters. The van der Waals surface area contributed by atoms with E-state index < -0.39 is 12.2 Å². The van der Waals surface area contributed by atoms with Gasteiger partial charge in [-0.05, 0) is 0 Å². The highest BCUT2D eigenvalue weighted by Crippen LogP contribution is 2.21. The molecular formula is C5H10F3N3. The number of rotatable bonds is 0. The SMILES string of the molecule is NN1CCNC(C(F)(F)F)C1. The monoisotopic (exact) mass is 169 g/mol. The Kier molecular flexibility index (Phi) is 2.36. The third-order valence-corrected chi connectivity index (χ3v) is 1.60. The summed E-state index contributed by atoms with van der Waals surface area (Å²) >= 11 is 0. The number of nitrogens with zero attached hydrogens (tertiary/aromatic N) is 1. The highest BCUT2D eigenvalue weighted by Gasteiger charge is 2.41. The summed E-state index contributed by atoms with van der Waals surface area (Å²) in [5.41, 5.74) is 0. The fourth-order valence-electron chi connectivity index (χ4n) is 0.992. The summed E-state index contributed by atoms with van der Waals surface area (Å²) in [4.78, 5) is 0. The van der Waals surface area contributed by atoms with Gasteiger partial charge in [0.25, 0.3) is 0 Å². The topological polar surface area (TPSA) is 41.3 Å². The molecule has 0 aromatic rings. The van der Waals surface area contributed by atoms with Gasteiger partial charge in [-0.15, -0.1) is 0 Å². The molecule has 11 heavy (non-hydrogen) atoms. The van der Waals surface area contributed by atoms with Crippen molar-refractivity contribution in [2.24, 2.45) is 5.84 Å². The molecule has 3 nitrogen and oxygen atoms in total. The van der Waals surface area contributed by atoms with Gasteiger partial charge in [-0.1, -0.05) is 0 Å². The lowest BCUT2D eigenvalue weighted by Crippen LogP contribution is -2.58. The second-order valence-electron chi connectivity index (χ2n) is 2.54. The molecule has 0 saturated carbocycles. The van der Waals surface area contributed by atoms with Gasteiger partial charge < -0.3 is 5.32 Å². The first-order valence-electron chi connectivity index (χ1n) is 3.30. The van der Waals surface area contributed by atoms with Crippen LogP contribution in [0, 0.1) is 0 Å². The number of hydrogen-bond acceptors (Lipinski definition) is 3. The Morgan fingerprint density at radius 1 is 1.45 bits per heavy atom. The Labute approximate surface area is 62.3 Å². The fraction of sp³-hybridized carbons (Fsp3) is 1.00. The molecule has 0 aliphatic carbocycles. The fourth-order valence-corrected chi connectivity index (χ4v) is 0.992. The van der Waals surface area contributed by atoms with Gasteiger partial charge in [-0.25, -0.2) is 5.01 Å². The molecule has 1 aliphatic rings. The number of nitrogens with two attached hydrogens (primary N) is 1. The molecule has 1 saturated heterocycles. The quantitative estimate of drug-likeness (QED) is 0.489. The third-order valence-electron chi connectivity index (χ3n) is 1.60. The number of hydrogen-bond donors (Lipinski definition) is 2. The summed E-state index contributed by atoms with van der Waals surface area (Å²) in [5, 5.41) is 3.52. The first kappa shape index (κ1) is 8.76. The highest BCUT2D eigenvalue weighted by molar-refractivity contribution is 4.81. The Balaban J connectivity index is 2.46. The van der Waals surface area contributed by atoms with Crippen molar-refractivity contribution in [3.8, 4) is 0 Å². The zero-order valence-electron chi connectivity index (χ0n) is 5.86. The molecule has 0 bridgehead atoms. The number of nitrogens with one attached hydrogen (secondary N) is 1. The van der Waals surface area contributed by atoms with Gasteiger partial charge >= 0.3 is 6.18 Å². The first-order valence-corrected chi connectivity index (χ1v) is 3.30. The lowest BCUT2D eigenvalue weighted by Gasteiger charge is -2.31. The molecule has 0 aromatic carbocycles. The standard InChI is InChI=1S/C5H10F3N3/c6-5(7,8)4-3-11(9)2-1-10-4/h4,10H,1-3,9H2. The van der Waals surface area contributed by atoms with Crippen molar-refractivity contribution in [1.29, 1.82) is 0 Å². The minimum atomic E-state index is -4.18. The van der Waals surface area contributed by atoms with Crippen LogP contribution in [0.4, 0.5) is 13.2 Å². The van der Waals surface area contributed by atoms with Crippen LogP contribution in [0.5, 0.6) is 0 Å². The van der Waals surface area contributed by atoms with E-state index in [9.17, 15) is 13.2 Å². The molecule has 1 rings (SSSR count). The molecule has 0 aromatic heterocycles. The Morgan fingerprint density at radius 3 is 2.45 bits per heavy atom. The van der Waals surface area contributed by atoms with E-state index in [0.717, 1.165) is 0 Å². The van der Waals surface area contributed by atoms with Crippen molar-refractivity contribution in [2.75, 3.05) is 19.6 Å². The first-order chi connectivity index (χ1) is 5.00. The van der Waals surface area contributed by atoms with E-state index in [4.69, 9.17) is 5.84 Å². The molecule has 6 heteroatoms. The van der Waals surface area contributed by atoms with Gasteiger partial charge in [0.2, 0.25) is 0 Å². The Hall–Kier alpha value is -0.330. The lowest BCUT2D eigenvalue weighted by molar-refractivity contribution is -0.164. The predicted molar refractivity (Wildman–Crippen MR) is 33.6 cm³/mol. The van der Waals surface area contributed by atoms with Crippen LogP contribution in [-0.4, -0.2) is 36.9 Å². The molecule has 1 aliphatic heterocycles. The van der Waals surface area contributed by atoms with E-state index in [0.29, 0.717) is 13.1 Å². The molecule has 0 spiro atoms. The lowest BCUT2D eigenvalue weighted by atomic mass is 10.2. The smallest absolute Gasteiger partial charge is 0.304 e. The Bertz CT molecular complexity index is 135. The van der Waals surface area contributed by atoms with E-state index in [2.05, 4.69) is 5.32 Å². The van der Waals surface area contributed by atoms with Gasteiger partial charge in [-0.2, -0.15) is 13.2 Å². The van der Waals surface area contributed by atoms with Crippen LogP contribution in [-0.2, 0) is 0 Å². The number of halogens is 3. The maximum atomic E-state index is 12.0. The molecule has 3 N–H and O–H groups in total. The van der Waals surface area contributed by atoms with Gasteiger partial charge in [0, 0.05) is 19.6 Å². The summed E-state index contributed by atoms with van der Waals surface area (Å²) in [7, 11) is 0. The van der Waals surface area contributed by atoms with Crippen molar-refractivity contribution in [1.82, 2.24) is 10.3 Å². The van der Waals surface area contributed by atoms with E-state index in [1.54, 1.807) is 0 Å². The number of hydrazine groups is 1. The highest BCUT2D eigenvalue weighted by atomic mass is 19.4. The van der Waals surface area contributed by atoms with Crippen LogP contribution in [0.15, 0.2) is 0 Å². The van der Waals surface area contributed by atoms with Crippen LogP contribution in [0.25, 0.3) is 0 Å². The van der Waals surface area contributed by atoms with Crippen LogP contribution in [0.2, 0.25) is 0 Å². The predicted octanol–water partition coefficient (Wildman–Crippen LogP) is -0.304.